The van der Waals surface area contributed by atoms with Crippen LogP contribution in [0.2, 0.25) is 0 Å². The summed E-state index contributed by atoms with van der Waals surface area (Å²) in [7, 11) is 0. The maximum absolute atomic E-state index is 12.6. The van der Waals surface area contributed by atoms with Gasteiger partial charge in [0.25, 0.3) is 0 Å². The molecule has 1 aromatic rings. The summed E-state index contributed by atoms with van der Waals surface area (Å²) in [5.74, 6) is -1.25. The van der Waals surface area contributed by atoms with Gasteiger partial charge in [-0.15, -0.1) is 0 Å². The van der Waals surface area contributed by atoms with Gasteiger partial charge < -0.3 is 34.2 Å². The van der Waals surface area contributed by atoms with E-state index in [1.807, 2.05) is 34.6 Å². The Morgan fingerprint density at radius 1 is 0.805 bits per heavy atom. The molecule has 11 nitrogen and oxygen atoms in total. The van der Waals surface area contributed by atoms with Crippen LogP contribution in [0, 0.1) is 5.41 Å². The molecule has 232 valence electrons. The molecule has 0 saturated heterocycles. The summed E-state index contributed by atoms with van der Waals surface area (Å²) in [5.41, 5.74) is 6.35. The summed E-state index contributed by atoms with van der Waals surface area (Å²) in [6.07, 6.45) is -0.169. The minimum Gasteiger partial charge on any atom is -0.462 e. The van der Waals surface area contributed by atoms with Crippen LogP contribution in [0.1, 0.15) is 93.1 Å². The van der Waals surface area contributed by atoms with E-state index in [-0.39, 0.29) is 54.5 Å². The van der Waals surface area contributed by atoms with Gasteiger partial charge in [0.15, 0.2) is 11.5 Å². The van der Waals surface area contributed by atoms with E-state index in [9.17, 15) is 19.2 Å². The van der Waals surface area contributed by atoms with E-state index in [2.05, 4.69) is 0 Å². The van der Waals surface area contributed by atoms with Crippen molar-refractivity contribution in [2.24, 2.45) is 11.1 Å². The maximum Gasteiger partial charge on any atom is 0.514 e. The molecule has 0 bridgehead atoms. The van der Waals surface area contributed by atoms with Crippen LogP contribution < -0.4 is 15.2 Å². The van der Waals surface area contributed by atoms with E-state index in [1.165, 1.54) is 12.1 Å². The van der Waals surface area contributed by atoms with Crippen LogP contribution in [0.25, 0.3) is 0 Å². The van der Waals surface area contributed by atoms with Crippen LogP contribution in [0.5, 0.6) is 11.5 Å². The Morgan fingerprint density at radius 2 is 1.34 bits per heavy atom. The van der Waals surface area contributed by atoms with Gasteiger partial charge in [0.2, 0.25) is 0 Å². The van der Waals surface area contributed by atoms with Gasteiger partial charge >= 0.3 is 24.2 Å². The third-order valence-corrected chi connectivity index (χ3v) is 5.61. The summed E-state index contributed by atoms with van der Waals surface area (Å²) in [6, 6.07) is 3.34. The van der Waals surface area contributed by atoms with Gasteiger partial charge in [-0.05, 0) is 63.1 Å². The molecule has 41 heavy (non-hydrogen) atoms. The lowest BCUT2D eigenvalue weighted by Crippen LogP contribution is -2.37. The third-order valence-electron chi connectivity index (χ3n) is 5.61. The number of carbonyl (C=O) groups excluding carboxylic acids is 4. The average molecular weight is 582 g/mol. The Labute approximate surface area is 243 Å². The molecule has 0 saturated carbocycles. The molecule has 0 aliphatic rings. The third kappa shape index (κ3) is 15.3. The standard InChI is InChI=1S/C30H47NO10/c1-9-11-19(3)38-28(34)40-24-14-13-22(16-25(24)41-29(35)39-20(4)12-10-2)15-23(31)27(33)37-21(5)18-36-26(32)17-30(6,7)8/h13-14,16,19-21,23H,9-12,15,17-18,31H2,1-8H3/t19?,20?,21-,23-/m0/s1. The van der Waals surface area contributed by atoms with Crippen molar-refractivity contribution >= 4 is 24.2 Å². The highest BCUT2D eigenvalue weighted by molar-refractivity contribution is 5.76. The van der Waals surface area contributed by atoms with Gasteiger partial charge in [-0.3, -0.25) is 9.59 Å². The molecule has 1 rings (SSSR count). The molecule has 0 heterocycles. The second kappa shape index (κ2) is 17.5. The zero-order chi connectivity index (χ0) is 31.2. The number of rotatable bonds is 15. The second-order valence-corrected chi connectivity index (χ2v) is 11.4. The van der Waals surface area contributed by atoms with Crippen LogP contribution in [-0.4, -0.2) is 55.2 Å². The van der Waals surface area contributed by atoms with E-state index >= 15 is 0 Å². The maximum atomic E-state index is 12.6. The van der Waals surface area contributed by atoms with Crippen LogP contribution in [0.3, 0.4) is 0 Å². The zero-order valence-electron chi connectivity index (χ0n) is 25.7. The molecule has 0 spiro atoms. The monoisotopic (exact) mass is 581 g/mol. The Hall–Kier alpha value is -3.34. The fraction of sp³-hybridized carbons (Fsp3) is 0.667. The quantitative estimate of drug-likeness (QED) is 0.150. The average Bonchev–Trinajstić information content (AvgIpc) is 2.83. The smallest absolute Gasteiger partial charge is 0.462 e. The zero-order valence-corrected chi connectivity index (χ0v) is 25.7. The van der Waals surface area contributed by atoms with Crippen LogP contribution in [-0.2, 0) is 35.0 Å². The Kier molecular flexibility index (Phi) is 15.2. The molecule has 0 aliphatic carbocycles. The molecule has 0 amide bonds. The number of benzene rings is 1. The van der Waals surface area contributed by atoms with Crippen LogP contribution >= 0.6 is 0 Å². The number of hydrogen-bond donors (Lipinski definition) is 1. The van der Waals surface area contributed by atoms with Crippen molar-refractivity contribution < 1.29 is 47.6 Å². The SMILES string of the molecule is CCCC(C)OC(=O)Oc1ccc(C[C@H](N)C(=O)O[C@@H](C)COC(=O)CC(C)(C)C)cc1OC(=O)OC(C)CCC. The van der Waals surface area contributed by atoms with Gasteiger partial charge in [0.1, 0.15) is 31.0 Å². The van der Waals surface area contributed by atoms with Crippen molar-refractivity contribution in [1.29, 1.82) is 0 Å². The molecular formula is C30H47NO10. The van der Waals surface area contributed by atoms with Crippen molar-refractivity contribution in [2.75, 3.05) is 6.61 Å². The predicted octanol–water partition coefficient (Wildman–Crippen LogP) is 5.88. The van der Waals surface area contributed by atoms with E-state index in [4.69, 9.17) is 34.2 Å². The molecule has 2 N–H and O–H groups in total. The largest absolute Gasteiger partial charge is 0.514 e. The predicted molar refractivity (Wildman–Crippen MR) is 152 cm³/mol. The van der Waals surface area contributed by atoms with Crippen molar-refractivity contribution in [3.8, 4) is 11.5 Å². The fourth-order valence-corrected chi connectivity index (χ4v) is 3.68. The minimum absolute atomic E-state index is 0.0191. The number of nitrogens with two attached hydrogens (primary N) is 1. The number of hydrogen-bond acceptors (Lipinski definition) is 11. The van der Waals surface area contributed by atoms with E-state index in [0.717, 1.165) is 12.8 Å². The molecule has 0 fully saturated rings. The first kappa shape index (κ1) is 35.7. The highest BCUT2D eigenvalue weighted by Crippen LogP contribution is 2.30. The minimum atomic E-state index is -1.07. The molecule has 11 heteroatoms. The Bertz CT molecular complexity index is 1000. The summed E-state index contributed by atoms with van der Waals surface area (Å²) in [5, 5.41) is 0. The highest BCUT2D eigenvalue weighted by atomic mass is 16.7. The molecular weight excluding hydrogens is 534 g/mol. The number of carbonyl (C=O) groups is 4. The normalized spacial score (nSPS) is 14.2. The first-order valence-corrected chi connectivity index (χ1v) is 14.1. The molecule has 1 aromatic carbocycles. The van der Waals surface area contributed by atoms with Crippen molar-refractivity contribution in [3.63, 3.8) is 0 Å². The van der Waals surface area contributed by atoms with Gasteiger partial charge in [-0.25, -0.2) is 9.59 Å². The second-order valence-electron chi connectivity index (χ2n) is 11.4. The summed E-state index contributed by atoms with van der Waals surface area (Å²) in [4.78, 5) is 49.2. The molecule has 0 radical (unpaired) electrons. The lowest BCUT2D eigenvalue weighted by molar-refractivity contribution is -0.159. The highest BCUT2D eigenvalue weighted by Gasteiger charge is 2.24. The number of esters is 2. The summed E-state index contributed by atoms with van der Waals surface area (Å²) >= 11 is 0. The molecule has 2 unspecified atom stereocenters. The number of ether oxygens (including phenoxy) is 6. The lowest BCUT2D eigenvalue weighted by atomic mass is 9.92. The van der Waals surface area contributed by atoms with Gasteiger partial charge in [-0.2, -0.15) is 0 Å². The first-order chi connectivity index (χ1) is 19.1. The summed E-state index contributed by atoms with van der Waals surface area (Å²) < 4.78 is 31.6. The van der Waals surface area contributed by atoms with Gasteiger partial charge in [-0.1, -0.05) is 53.5 Å². The van der Waals surface area contributed by atoms with Crippen LogP contribution in [0.4, 0.5) is 9.59 Å². The lowest BCUT2D eigenvalue weighted by Gasteiger charge is -2.20. The molecule has 4 atom stereocenters. The van der Waals surface area contributed by atoms with Crippen molar-refractivity contribution in [1.82, 2.24) is 0 Å². The Balaban J connectivity index is 2.91. The summed E-state index contributed by atoms with van der Waals surface area (Å²) in [6.45, 7) is 14.7. The van der Waals surface area contributed by atoms with E-state index < -0.39 is 30.4 Å². The van der Waals surface area contributed by atoms with E-state index in [1.54, 1.807) is 26.8 Å². The van der Waals surface area contributed by atoms with E-state index in [0.29, 0.717) is 18.4 Å². The fourth-order valence-electron chi connectivity index (χ4n) is 3.68. The topological polar surface area (TPSA) is 150 Å². The van der Waals surface area contributed by atoms with Crippen LogP contribution in [0.15, 0.2) is 18.2 Å². The first-order valence-electron chi connectivity index (χ1n) is 14.1. The molecule has 0 aliphatic heterocycles. The van der Waals surface area contributed by atoms with Crippen molar-refractivity contribution in [2.45, 2.75) is 118 Å². The van der Waals surface area contributed by atoms with Gasteiger partial charge in [0, 0.05) is 0 Å². The van der Waals surface area contributed by atoms with Crippen molar-refractivity contribution in [3.05, 3.63) is 23.8 Å². The Morgan fingerprint density at radius 3 is 1.85 bits per heavy atom. The molecule has 0 aromatic heterocycles. The van der Waals surface area contributed by atoms with Gasteiger partial charge in [0.05, 0.1) is 6.42 Å².